The lowest BCUT2D eigenvalue weighted by atomic mass is 9.92. The standard InChI is InChI=1S/C23H31N7O2S/c1-12-9-25-18(13(2)20(12)32-3)10-30-21-19-17(29-30)8-15(11-33-22(19)28-23(24)27-21)26-14-4-6-16(31)7-5-14/h9,14-16,26,31H,4-8,10-11H2,1-3H3,(H2,24,27,28). The van der Waals surface area contributed by atoms with Crippen molar-refractivity contribution in [1.29, 1.82) is 0 Å². The summed E-state index contributed by atoms with van der Waals surface area (Å²) in [6.45, 7) is 4.50. The number of aliphatic hydroxyl groups is 1. The van der Waals surface area contributed by atoms with E-state index in [1.807, 2.05) is 24.7 Å². The molecule has 33 heavy (non-hydrogen) atoms. The predicted molar refractivity (Wildman–Crippen MR) is 129 cm³/mol. The smallest absolute Gasteiger partial charge is 0.223 e. The van der Waals surface area contributed by atoms with Crippen LogP contribution in [0.25, 0.3) is 11.0 Å². The Bertz CT molecular complexity index is 1170. The molecule has 1 atom stereocenters. The van der Waals surface area contributed by atoms with Gasteiger partial charge in [-0.1, -0.05) is 0 Å². The lowest BCUT2D eigenvalue weighted by molar-refractivity contribution is 0.114. The molecule has 5 rings (SSSR count). The maximum Gasteiger partial charge on any atom is 0.223 e. The van der Waals surface area contributed by atoms with Crippen molar-refractivity contribution in [2.75, 3.05) is 18.6 Å². The maximum absolute atomic E-state index is 9.83. The van der Waals surface area contributed by atoms with Crippen LogP contribution >= 0.6 is 11.8 Å². The van der Waals surface area contributed by atoms with Crippen molar-refractivity contribution in [3.8, 4) is 5.75 Å². The summed E-state index contributed by atoms with van der Waals surface area (Å²) in [6.07, 6.45) is 6.23. The Morgan fingerprint density at radius 2 is 2.00 bits per heavy atom. The second kappa shape index (κ2) is 9.08. The number of methoxy groups -OCH3 is 1. The number of anilines is 1. The molecule has 2 aliphatic rings. The summed E-state index contributed by atoms with van der Waals surface area (Å²) in [6, 6.07) is 0.706. The first-order valence-corrected chi connectivity index (χ1v) is 12.5. The zero-order chi connectivity index (χ0) is 23.1. The molecule has 0 radical (unpaired) electrons. The van der Waals surface area contributed by atoms with Crippen LogP contribution in [0.2, 0.25) is 0 Å². The molecule has 1 aliphatic heterocycles. The van der Waals surface area contributed by atoms with E-state index < -0.39 is 0 Å². The van der Waals surface area contributed by atoms with E-state index in [4.69, 9.17) is 15.6 Å². The third kappa shape index (κ3) is 4.39. The number of nitrogens with zero attached hydrogens (tertiary/aromatic N) is 5. The molecule has 0 bridgehead atoms. The first kappa shape index (κ1) is 22.4. The molecule has 0 saturated heterocycles. The van der Waals surface area contributed by atoms with Crippen LogP contribution in [0.15, 0.2) is 11.2 Å². The minimum Gasteiger partial charge on any atom is -0.496 e. The lowest BCUT2D eigenvalue weighted by Gasteiger charge is -2.29. The lowest BCUT2D eigenvalue weighted by Crippen LogP contribution is -2.43. The second-order valence-corrected chi connectivity index (χ2v) is 10.1. The second-order valence-electron chi connectivity index (χ2n) is 9.12. The monoisotopic (exact) mass is 469 g/mol. The fourth-order valence-corrected chi connectivity index (χ4v) is 6.10. The molecule has 1 saturated carbocycles. The van der Waals surface area contributed by atoms with E-state index in [9.17, 15) is 5.11 Å². The number of hydrogen-bond donors (Lipinski definition) is 3. The van der Waals surface area contributed by atoms with Crippen LogP contribution in [0.5, 0.6) is 5.75 Å². The third-order valence-corrected chi connectivity index (χ3v) is 7.86. The van der Waals surface area contributed by atoms with Crippen LogP contribution in [0.1, 0.15) is 48.2 Å². The molecule has 4 heterocycles. The van der Waals surface area contributed by atoms with E-state index in [0.29, 0.717) is 12.6 Å². The van der Waals surface area contributed by atoms with E-state index in [1.165, 1.54) is 0 Å². The average Bonchev–Trinajstić information content (AvgIpc) is 3.02. The Labute approximate surface area is 197 Å². The Morgan fingerprint density at radius 3 is 2.76 bits per heavy atom. The number of thioether (sulfide) groups is 1. The van der Waals surface area contributed by atoms with Crippen molar-refractivity contribution in [2.24, 2.45) is 0 Å². The van der Waals surface area contributed by atoms with Gasteiger partial charge in [-0.3, -0.25) is 4.98 Å². The van der Waals surface area contributed by atoms with Gasteiger partial charge in [0, 0.05) is 41.6 Å². The number of ether oxygens (including phenoxy) is 1. The minimum atomic E-state index is -0.151. The molecule has 176 valence electrons. The van der Waals surface area contributed by atoms with Crippen molar-refractivity contribution in [3.63, 3.8) is 0 Å². The molecule has 9 nitrogen and oxygen atoms in total. The maximum atomic E-state index is 9.83. The van der Waals surface area contributed by atoms with E-state index in [2.05, 4.69) is 20.3 Å². The molecule has 3 aromatic rings. The number of aliphatic hydroxyl groups excluding tert-OH is 1. The van der Waals surface area contributed by atoms with Gasteiger partial charge in [-0.05, 0) is 39.5 Å². The van der Waals surface area contributed by atoms with Gasteiger partial charge in [0.15, 0.2) is 5.65 Å². The molecule has 10 heteroatoms. The number of rotatable bonds is 5. The van der Waals surface area contributed by atoms with Gasteiger partial charge < -0.3 is 20.9 Å². The molecule has 1 fully saturated rings. The normalized spacial score (nSPS) is 23.0. The van der Waals surface area contributed by atoms with Crippen LogP contribution in [-0.2, 0) is 13.0 Å². The number of nitrogens with one attached hydrogen (secondary N) is 1. The fraction of sp³-hybridized carbons (Fsp3) is 0.565. The van der Waals surface area contributed by atoms with Crippen LogP contribution in [0, 0.1) is 13.8 Å². The van der Waals surface area contributed by atoms with Crippen LogP contribution < -0.4 is 15.8 Å². The molecular formula is C23H31N7O2S. The molecule has 1 aliphatic carbocycles. The zero-order valence-corrected chi connectivity index (χ0v) is 20.2. The van der Waals surface area contributed by atoms with Gasteiger partial charge in [0.1, 0.15) is 10.8 Å². The first-order chi connectivity index (χ1) is 15.9. The Kier molecular flexibility index (Phi) is 6.15. The molecule has 0 aromatic carbocycles. The molecule has 4 N–H and O–H groups in total. The molecule has 0 spiro atoms. The molecule has 0 amide bonds. The van der Waals surface area contributed by atoms with Crippen molar-refractivity contribution in [3.05, 3.63) is 28.7 Å². The quantitative estimate of drug-likeness (QED) is 0.483. The largest absolute Gasteiger partial charge is 0.496 e. The van der Waals surface area contributed by atoms with Gasteiger partial charge in [-0.15, -0.1) is 11.8 Å². The third-order valence-electron chi connectivity index (χ3n) is 6.73. The van der Waals surface area contributed by atoms with Gasteiger partial charge >= 0.3 is 0 Å². The summed E-state index contributed by atoms with van der Waals surface area (Å²) in [5, 5.41) is 20.5. The van der Waals surface area contributed by atoms with Gasteiger partial charge in [-0.2, -0.15) is 10.1 Å². The van der Waals surface area contributed by atoms with Crippen molar-refractivity contribution in [2.45, 2.75) is 75.7 Å². The summed E-state index contributed by atoms with van der Waals surface area (Å²) >= 11 is 1.71. The van der Waals surface area contributed by atoms with Crippen LogP contribution in [0.4, 0.5) is 5.95 Å². The highest BCUT2D eigenvalue weighted by atomic mass is 32.2. The van der Waals surface area contributed by atoms with Gasteiger partial charge in [0.2, 0.25) is 5.95 Å². The first-order valence-electron chi connectivity index (χ1n) is 11.5. The Balaban J connectivity index is 1.46. The molecule has 3 aromatic heterocycles. The number of pyridine rings is 1. The highest BCUT2D eigenvalue weighted by Crippen LogP contribution is 2.34. The number of aryl methyl sites for hydroxylation is 1. The van der Waals surface area contributed by atoms with Gasteiger partial charge in [0.05, 0.1) is 36.5 Å². The van der Waals surface area contributed by atoms with E-state index in [-0.39, 0.29) is 18.1 Å². The Hall–Kier alpha value is -2.43. The molecule has 1 unspecified atom stereocenters. The SMILES string of the molecule is COc1c(C)cnc(Cn2nc3c4c(nc(N)nc42)SCC(NC2CCC(O)CC2)C3)c1C. The highest BCUT2D eigenvalue weighted by Gasteiger charge is 2.28. The van der Waals surface area contributed by atoms with Crippen molar-refractivity contribution >= 4 is 28.7 Å². The van der Waals surface area contributed by atoms with Crippen molar-refractivity contribution < 1.29 is 9.84 Å². The summed E-state index contributed by atoms with van der Waals surface area (Å²) in [5.41, 5.74) is 10.7. The minimum absolute atomic E-state index is 0.151. The average molecular weight is 470 g/mol. The van der Waals surface area contributed by atoms with E-state index in [0.717, 1.165) is 82.2 Å². The van der Waals surface area contributed by atoms with Gasteiger partial charge in [0.25, 0.3) is 0 Å². The topological polar surface area (TPSA) is 124 Å². The predicted octanol–water partition coefficient (Wildman–Crippen LogP) is 2.39. The van der Waals surface area contributed by atoms with Crippen LogP contribution in [0.3, 0.4) is 0 Å². The number of nitrogens with two attached hydrogens (primary N) is 1. The van der Waals surface area contributed by atoms with Crippen molar-refractivity contribution in [1.82, 2.24) is 30.0 Å². The number of aromatic nitrogens is 5. The number of hydrogen-bond acceptors (Lipinski definition) is 9. The van der Waals surface area contributed by atoms with E-state index in [1.54, 1.807) is 18.9 Å². The number of nitrogen functional groups attached to an aromatic ring is 1. The Morgan fingerprint density at radius 1 is 1.21 bits per heavy atom. The molecular weight excluding hydrogens is 438 g/mol. The highest BCUT2D eigenvalue weighted by molar-refractivity contribution is 7.99. The fourth-order valence-electron chi connectivity index (χ4n) is 5.01. The summed E-state index contributed by atoms with van der Waals surface area (Å²) in [4.78, 5) is 13.7. The summed E-state index contributed by atoms with van der Waals surface area (Å²) in [7, 11) is 1.68. The summed E-state index contributed by atoms with van der Waals surface area (Å²) < 4.78 is 7.48. The van der Waals surface area contributed by atoms with Gasteiger partial charge in [-0.25, -0.2) is 9.67 Å². The van der Waals surface area contributed by atoms with E-state index >= 15 is 0 Å². The van der Waals surface area contributed by atoms with Crippen LogP contribution in [-0.4, -0.2) is 60.9 Å². The summed E-state index contributed by atoms with van der Waals surface area (Å²) in [5.74, 6) is 2.01. The zero-order valence-electron chi connectivity index (χ0n) is 19.3.